The van der Waals surface area contributed by atoms with Gasteiger partial charge in [0.1, 0.15) is 5.82 Å². The Bertz CT molecular complexity index is 1170. The number of tetrazole rings is 1. The Hall–Kier alpha value is -3.75. The first-order chi connectivity index (χ1) is 15.7. The van der Waals surface area contributed by atoms with E-state index in [-0.39, 0.29) is 5.78 Å². The number of nitrogens with zero attached hydrogens (tertiary/aromatic N) is 7. The summed E-state index contributed by atoms with van der Waals surface area (Å²) in [6.45, 7) is 4.57. The maximum atomic E-state index is 12.1. The van der Waals surface area contributed by atoms with Gasteiger partial charge in [0.25, 0.3) is 0 Å². The van der Waals surface area contributed by atoms with Crippen LogP contribution in [-0.4, -0.2) is 46.2 Å². The lowest BCUT2D eigenvalue weighted by Gasteiger charge is -2.09. The molecule has 9 nitrogen and oxygen atoms in total. The minimum absolute atomic E-state index is 0.0265. The highest BCUT2D eigenvalue weighted by Crippen LogP contribution is 2.29. The molecule has 0 aliphatic carbocycles. The molecule has 0 aliphatic heterocycles. The summed E-state index contributed by atoms with van der Waals surface area (Å²) in [7, 11) is 0. The smallest absolute Gasteiger partial charge is 0.217 e. The summed E-state index contributed by atoms with van der Waals surface area (Å²) in [4.78, 5) is 20.9. The summed E-state index contributed by atoms with van der Waals surface area (Å²) in [5, 5.41) is 18.8. The molecule has 164 valence electrons. The standard InChI is InChI=1S/C23H26N8O/c1-3-5-6-7-21-25-23(20(32)4-2)28-31(21)15-16-8-10-17(11-9-16)19-14-24-13-12-18(19)22-26-29-30-27-22/h8-14H,3-7,15H2,1-2H3,(H,26,27,29,30). The van der Waals surface area contributed by atoms with E-state index in [0.29, 0.717) is 24.6 Å². The molecule has 0 unspecified atom stereocenters. The molecule has 0 aliphatic rings. The molecule has 0 radical (unpaired) electrons. The van der Waals surface area contributed by atoms with E-state index in [1.165, 1.54) is 0 Å². The van der Waals surface area contributed by atoms with Crippen molar-refractivity contribution in [3.8, 4) is 22.5 Å². The van der Waals surface area contributed by atoms with E-state index in [2.05, 4.69) is 54.7 Å². The quantitative estimate of drug-likeness (QED) is 0.300. The summed E-state index contributed by atoms with van der Waals surface area (Å²) < 4.78 is 1.86. The fourth-order valence-corrected chi connectivity index (χ4v) is 3.55. The van der Waals surface area contributed by atoms with Gasteiger partial charge in [-0.05, 0) is 28.8 Å². The van der Waals surface area contributed by atoms with Gasteiger partial charge >= 0.3 is 0 Å². The molecule has 0 atom stereocenters. The summed E-state index contributed by atoms with van der Waals surface area (Å²) in [6, 6.07) is 10.1. The number of aryl methyl sites for hydroxylation is 1. The number of aromatic nitrogens is 8. The highest BCUT2D eigenvalue weighted by molar-refractivity contribution is 5.92. The monoisotopic (exact) mass is 430 g/mol. The van der Waals surface area contributed by atoms with Crippen molar-refractivity contribution in [1.82, 2.24) is 40.4 Å². The van der Waals surface area contributed by atoms with Crippen molar-refractivity contribution in [2.45, 2.75) is 52.5 Å². The van der Waals surface area contributed by atoms with Crippen LogP contribution in [-0.2, 0) is 13.0 Å². The first kappa shape index (κ1) is 21.5. The molecule has 3 aromatic heterocycles. The minimum Gasteiger partial charge on any atom is -0.291 e. The fraction of sp³-hybridized carbons (Fsp3) is 0.348. The summed E-state index contributed by atoms with van der Waals surface area (Å²) in [5.74, 6) is 1.68. The van der Waals surface area contributed by atoms with Gasteiger partial charge < -0.3 is 0 Å². The SMILES string of the molecule is CCCCCc1nc(C(=O)CC)nn1Cc1ccc(-c2cnccc2-c2nn[nH]n2)cc1. The average Bonchev–Trinajstić information content (AvgIpc) is 3.50. The number of carbonyl (C=O) groups excluding carboxylic acids is 1. The number of hydrogen-bond acceptors (Lipinski definition) is 7. The number of rotatable bonds is 10. The van der Waals surface area contributed by atoms with Crippen LogP contribution in [0.25, 0.3) is 22.5 Å². The highest BCUT2D eigenvalue weighted by Gasteiger charge is 2.16. The minimum atomic E-state index is -0.0265. The Morgan fingerprint density at radius 3 is 2.62 bits per heavy atom. The Labute approximate surface area is 186 Å². The van der Waals surface area contributed by atoms with E-state index in [9.17, 15) is 4.79 Å². The van der Waals surface area contributed by atoms with Gasteiger partial charge in [0.15, 0.2) is 0 Å². The van der Waals surface area contributed by atoms with E-state index < -0.39 is 0 Å². The van der Waals surface area contributed by atoms with Crippen LogP contribution < -0.4 is 0 Å². The second kappa shape index (κ2) is 10.0. The number of carbonyl (C=O) groups is 1. The molecule has 1 N–H and O–H groups in total. The van der Waals surface area contributed by atoms with E-state index in [1.54, 1.807) is 12.4 Å². The maximum Gasteiger partial charge on any atom is 0.217 e. The number of nitrogens with one attached hydrogen (secondary N) is 1. The third-order valence-corrected chi connectivity index (χ3v) is 5.33. The van der Waals surface area contributed by atoms with Crippen molar-refractivity contribution in [3.63, 3.8) is 0 Å². The predicted octanol–water partition coefficient (Wildman–Crippen LogP) is 3.89. The number of hydrogen-bond donors (Lipinski definition) is 1. The molecule has 3 heterocycles. The molecule has 32 heavy (non-hydrogen) atoms. The molecule has 4 aromatic rings. The van der Waals surface area contributed by atoms with Gasteiger partial charge in [-0.2, -0.15) is 5.21 Å². The molecule has 1 aromatic carbocycles. The topological polar surface area (TPSA) is 115 Å². The van der Waals surface area contributed by atoms with Crippen LogP contribution in [0.5, 0.6) is 0 Å². The molecule has 4 rings (SSSR count). The zero-order chi connectivity index (χ0) is 22.3. The second-order valence-electron chi connectivity index (χ2n) is 7.60. The Morgan fingerprint density at radius 2 is 1.91 bits per heavy atom. The zero-order valence-electron chi connectivity index (χ0n) is 18.3. The maximum absolute atomic E-state index is 12.1. The van der Waals surface area contributed by atoms with Crippen LogP contribution in [0.15, 0.2) is 42.7 Å². The van der Waals surface area contributed by atoms with Crippen LogP contribution in [0.4, 0.5) is 0 Å². The van der Waals surface area contributed by atoms with Crippen LogP contribution in [0, 0.1) is 0 Å². The Morgan fingerprint density at radius 1 is 1.06 bits per heavy atom. The second-order valence-corrected chi connectivity index (χ2v) is 7.60. The number of pyridine rings is 1. The number of unbranched alkanes of at least 4 members (excludes halogenated alkanes) is 2. The lowest BCUT2D eigenvalue weighted by molar-refractivity contribution is 0.0978. The zero-order valence-corrected chi connectivity index (χ0v) is 18.3. The van der Waals surface area contributed by atoms with E-state index in [0.717, 1.165) is 53.8 Å². The van der Waals surface area contributed by atoms with Crippen molar-refractivity contribution in [3.05, 3.63) is 59.9 Å². The van der Waals surface area contributed by atoms with E-state index >= 15 is 0 Å². The fourth-order valence-electron chi connectivity index (χ4n) is 3.55. The van der Waals surface area contributed by atoms with E-state index in [4.69, 9.17) is 0 Å². The van der Waals surface area contributed by atoms with Gasteiger partial charge in [-0.3, -0.25) is 9.78 Å². The van der Waals surface area contributed by atoms with E-state index in [1.807, 2.05) is 29.8 Å². The lowest BCUT2D eigenvalue weighted by atomic mass is 10.0. The largest absolute Gasteiger partial charge is 0.291 e. The average molecular weight is 431 g/mol. The van der Waals surface area contributed by atoms with Crippen LogP contribution in [0.2, 0.25) is 0 Å². The van der Waals surface area contributed by atoms with Crippen molar-refractivity contribution < 1.29 is 4.79 Å². The number of benzene rings is 1. The third-order valence-electron chi connectivity index (χ3n) is 5.33. The van der Waals surface area contributed by atoms with Gasteiger partial charge in [0.05, 0.1) is 6.54 Å². The van der Waals surface area contributed by atoms with Crippen molar-refractivity contribution in [1.29, 1.82) is 0 Å². The van der Waals surface area contributed by atoms with Gasteiger partial charge in [-0.15, -0.1) is 15.3 Å². The number of H-pyrrole nitrogens is 1. The van der Waals surface area contributed by atoms with Gasteiger partial charge in [0.2, 0.25) is 17.4 Å². The van der Waals surface area contributed by atoms with Crippen molar-refractivity contribution in [2.24, 2.45) is 0 Å². The highest BCUT2D eigenvalue weighted by atomic mass is 16.1. The number of Topliss-reactive ketones (excluding diaryl/α,β-unsaturated/α-hetero) is 1. The lowest BCUT2D eigenvalue weighted by Crippen LogP contribution is -2.08. The molecule has 9 heteroatoms. The molecule has 0 fully saturated rings. The molecular formula is C23H26N8O. The first-order valence-corrected chi connectivity index (χ1v) is 10.9. The molecular weight excluding hydrogens is 404 g/mol. The molecule has 0 saturated heterocycles. The summed E-state index contributed by atoms with van der Waals surface area (Å²) >= 11 is 0. The summed E-state index contributed by atoms with van der Waals surface area (Å²) in [5.41, 5.74) is 3.87. The normalized spacial score (nSPS) is 11.1. The molecule has 0 saturated carbocycles. The Kier molecular flexibility index (Phi) is 6.74. The molecule has 0 spiro atoms. The Balaban J connectivity index is 1.57. The van der Waals surface area contributed by atoms with Crippen LogP contribution in [0.3, 0.4) is 0 Å². The van der Waals surface area contributed by atoms with Gasteiger partial charge in [-0.25, -0.2) is 9.67 Å². The number of aromatic amines is 1. The van der Waals surface area contributed by atoms with Gasteiger partial charge in [-0.1, -0.05) is 51.0 Å². The van der Waals surface area contributed by atoms with Gasteiger partial charge in [0, 0.05) is 36.4 Å². The predicted molar refractivity (Wildman–Crippen MR) is 120 cm³/mol. The number of ketones is 1. The third kappa shape index (κ3) is 4.77. The van der Waals surface area contributed by atoms with Crippen molar-refractivity contribution >= 4 is 5.78 Å². The van der Waals surface area contributed by atoms with Crippen molar-refractivity contribution in [2.75, 3.05) is 0 Å². The summed E-state index contributed by atoms with van der Waals surface area (Å²) in [6.07, 6.45) is 8.04. The molecule has 0 amide bonds. The van der Waals surface area contributed by atoms with Crippen LogP contribution >= 0.6 is 0 Å². The van der Waals surface area contributed by atoms with Crippen LogP contribution in [0.1, 0.15) is 61.5 Å². The first-order valence-electron chi connectivity index (χ1n) is 10.9. The molecule has 0 bridgehead atoms.